The molecule has 0 atom stereocenters. The van der Waals surface area contributed by atoms with E-state index in [1.165, 1.54) is 9.80 Å². The van der Waals surface area contributed by atoms with Crippen LogP contribution in [0.2, 0.25) is 0 Å². The Hall–Kier alpha value is -1.75. The van der Waals surface area contributed by atoms with E-state index in [0.717, 1.165) is 5.56 Å². The third-order valence-electron chi connectivity index (χ3n) is 2.70. The summed E-state index contributed by atoms with van der Waals surface area (Å²) in [5.74, 6) is -0.537. The molecule has 0 bridgehead atoms. The molecular formula is C12H12N2O2S. The number of hydrogen-bond donors (Lipinski definition) is 0. The summed E-state index contributed by atoms with van der Waals surface area (Å²) in [6.45, 7) is 1.97. The topological polar surface area (TPSA) is 40.6 Å². The minimum Gasteiger partial charge on any atom is -0.291 e. The van der Waals surface area contributed by atoms with E-state index in [0.29, 0.717) is 5.69 Å². The quantitative estimate of drug-likeness (QED) is 0.558. The fraction of sp³-hybridized carbons (Fsp3) is 0.250. The molecule has 1 aromatic carbocycles. The van der Waals surface area contributed by atoms with Gasteiger partial charge in [-0.25, -0.2) is 0 Å². The van der Waals surface area contributed by atoms with Crippen molar-refractivity contribution in [3.8, 4) is 0 Å². The van der Waals surface area contributed by atoms with E-state index < -0.39 is 0 Å². The molecule has 0 radical (unpaired) electrons. The lowest BCUT2D eigenvalue weighted by Crippen LogP contribution is -2.53. The van der Waals surface area contributed by atoms with Crippen LogP contribution in [0, 0.1) is 6.92 Å². The fourth-order valence-corrected chi connectivity index (χ4v) is 1.95. The Balaban J connectivity index is 2.37. The van der Waals surface area contributed by atoms with Gasteiger partial charge < -0.3 is 0 Å². The maximum absolute atomic E-state index is 11.8. The predicted molar refractivity (Wildman–Crippen MR) is 68.7 cm³/mol. The van der Waals surface area contributed by atoms with Crippen LogP contribution in [-0.2, 0) is 9.59 Å². The van der Waals surface area contributed by atoms with Crippen molar-refractivity contribution in [1.29, 1.82) is 0 Å². The highest BCUT2D eigenvalue weighted by Crippen LogP contribution is 2.21. The molecule has 1 aliphatic heterocycles. The first-order valence-electron chi connectivity index (χ1n) is 5.21. The second kappa shape index (κ2) is 4.25. The molecule has 0 saturated carbocycles. The summed E-state index contributed by atoms with van der Waals surface area (Å²) in [7, 11) is 1.58. The maximum atomic E-state index is 11.8. The van der Waals surface area contributed by atoms with Gasteiger partial charge in [0.2, 0.25) is 11.8 Å². The van der Waals surface area contributed by atoms with Gasteiger partial charge >= 0.3 is 0 Å². The minimum absolute atomic E-state index is 0.134. The largest absolute Gasteiger partial charge is 0.291 e. The molecule has 1 fully saturated rings. The second-order valence-electron chi connectivity index (χ2n) is 3.98. The van der Waals surface area contributed by atoms with Crippen molar-refractivity contribution in [2.24, 2.45) is 0 Å². The second-order valence-corrected chi connectivity index (χ2v) is 4.34. The van der Waals surface area contributed by atoms with Gasteiger partial charge in [0.15, 0.2) is 5.11 Å². The molecule has 1 saturated heterocycles. The Morgan fingerprint density at radius 1 is 1.12 bits per heavy atom. The van der Waals surface area contributed by atoms with E-state index >= 15 is 0 Å². The zero-order valence-corrected chi connectivity index (χ0v) is 10.5. The summed E-state index contributed by atoms with van der Waals surface area (Å²) in [6.07, 6.45) is -0.134. The van der Waals surface area contributed by atoms with Crippen LogP contribution in [-0.4, -0.2) is 28.9 Å². The Bertz CT molecular complexity index is 496. The number of thiocarbonyl (C=S) groups is 1. The van der Waals surface area contributed by atoms with Gasteiger partial charge in [0.25, 0.3) is 0 Å². The Labute approximate surface area is 105 Å². The highest BCUT2D eigenvalue weighted by atomic mass is 32.1. The lowest BCUT2D eigenvalue weighted by Gasteiger charge is -2.33. The normalized spacial score (nSPS) is 16.7. The third kappa shape index (κ3) is 2.06. The summed E-state index contributed by atoms with van der Waals surface area (Å²) in [4.78, 5) is 26.0. The van der Waals surface area contributed by atoms with E-state index in [2.05, 4.69) is 0 Å². The zero-order valence-electron chi connectivity index (χ0n) is 9.64. The molecule has 5 heteroatoms. The summed E-state index contributed by atoms with van der Waals surface area (Å²) in [5.41, 5.74) is 1.80. The van der Waals surface area contributed by atoms with Gasteiger partial charge in [0.1, 0.15) is 6.42 Å². The minimum atomic E-state index is -0.276. The lowest BCUT2D eigenvalue weighted by atomic mass is 10.2. The number of benzene rings is 1. The SMILES string of the molecule is Cc1ccc(N2C(=O)CC(=O)N(C)C2=S)cc1. The van der Waals surface area contributed by atoms with Crippen LogP contribution >= 0.6 is 12.2 Å². The Morgan fingerprint density at radius 2 is 1.71 bits per heavy atom. The number of aryl methyl sites for hydroxylation is 1. The molecule has 0 spiro atoms. The van der Waals surface area contributed by atoms with E-state index in [1.54, 1.807) is 7.05 Å². The molecule has 17 heavy (non-hydrogen) atoms. The molecule has 2 amide bonds. The van der Waals surface area contributed by atoms with Crippen molar-refractivity contribution < 1.29 is 9.59 Å². The summed E-state index contributed by atoms with van der Waals surface area (Å²) >= 11 is 5.13. The van der Waals surface area contributed by atoms with Crippen molar-refractivity contribution in [2.75, 3.05) is 11.9 Å². The van der Waals surface area contributed by atoms with Crippen LogP contribution in [0.1, 0.15) is 12.0 Å². The van der Waals surface area contributed by atoms with Gasteiger partial charge in [-0.05, 0) is 31.3 Å². The van der Waals surface area contributed by atoms with Crippen molar-refractivity contribution in [3.63, 3.8) is 0 Å². The average Bonchev–Trinajstić information content (AvgIpc) is 2.29. The van der Waals surface area contributed by atoms with Crippen LogP contribution in [0.4, 0.5) is 5.69 Å². The van der Waals surface area contributed by atoms with E-state index in [-0.39, 0.29) is 23.3 Å². The summed E-state index contributed by atoms with van der Waals surface area (Å²) < 4.78 is 0. The number of anilines is 1. The van der Waals surface area contributed by atoms with Crippen molar-refractivity contribution in [2.45, 2.75) is 13.3 Å². The molecule has 0 N–H and O–H groups in total. The van der Waals surface area contributed by atoms with Gasteiger partial charge in [-0.3, -0.25) is 19.4 Å². The third-order valence-corrected chi connectivity index (χ3v) is 3.15. The van der Waals surface area contributed by atoms with Gasteiger partial charge in [-0.2, -0.15) is 0 Å². The Kier molecular flexibility index (Phi) is 2.93. The highest BCUT2D eigenvalue weighted by molar-refractivity contribution is 7.80. The van der Waals surface area contributed by atoms with Gasteiger partial charge in [0.05, 0.1) is 5.69 Å². The van der Waals surface area contributed by atoms with Gasteiger partial charge in [0, 0.05) is 7.05 Å². The van der Waals surface area contributed by atoms with Crippen LogP contribution in [0.25, 0.3) is 0 Å². The molecule has 1 aliphatic rings. The highest BCUT2D eigenvalue weighted by Gasteiger charge is 2.33. The van der Waals surface area contributed by atoms with E-state index in [4.69, 9.17) is 12.2 Å². The monoisotopic (exact) mass is 248 g/mol. The molecule has 1 heterocycles. The van der Waals surface area contributed by atoms with E-state index in [9.17, 15) is 9.59 Å². The Morgan fingerprint density at radius 3 is 2.29 bits per heavy atom. The van der Waals surface area contributed by atoms with Crippen LogP contribution in [0.3, 0.4) is 0 Å². The number of rotatable bonds is 1. The van der Waals surface area contributed by atoms with Crippen molar-refractivity contribution >= 4 is 34.8 Å². The number of carbonyl (C=O) groups excluding carboxylic acids is 2. The summed E-state index contributed by atoms with van der Waals surface area (Å²) in [6, 6.07) is 7.45. The van der Waals surface area contributed by atoms with Gasteiger partial charge in [-0.1, -0.05) is 17.7 Å². The van der Waals surface area contributed by atoms with Crippen molar-refractivity contribution in [3.05, 3.63) is 29.8 Å². The number of carbonyl (C=O) groups is 2. The average molecular weight is 248 g/mol. The first-order chi connectivity index (χ1) is 8.00. The number of hydrogen-bond acceptors (Lipinski definition) is 3. The zero-order chi connectivity index (χ0) is 12.6. The van der Waals surface area contributed by atoms with E-state index in [1.807, 2.05) is 31.2 Å². The molecular weight excluding hydrogens is 236 g/mol. The number of nitrogens with zero attached hydrogens (tertiary/aromatic N) is 2. The van der Waals surface area contributed by atoms with Crippen LogP contribution in [0.5, 0.6) is 0 Å². The smallest absolute Gasteiger partial charge is 0.242 e. The van der Waals surface area contributed by atoms with Crippen LogP contribution in [0.15, 0.2) is 24.3 Å². The molecule has 0 aliphatic carbocycles. The van der Waals surface area contributed by atoms with Gasteiger partial charge in [-0.15, -0.1) is 0 Å². The summed E-state index contributed by atoms with van der Waals surface area (Å²) in [5, 5.41) is 0.232. The number of amides is 2. The standard InChI is InChI=1S/C12H12N2O2S/c1-8-3-5-9(6-4-8)14-11(16)7-10(15)13(2)12(14)17/h3-6H,7H2,1-2H3. The first kappa shape index (κ1) is 11.7. The fourth-order valence-electron chi connectivity index (χ4n) is 1.64. The molecule has 1 aromatic rings. The first-order valence-corrected chi connectivity index (χ1v) is 5.61. The molecule has 0 unspecified atom stereocenters. The molecule has 0 aromatic heterocycles. The molecule has 88 valence electrons. The maximum Gasteiger partial charge on any atom is 0.242 e. The molecule has 2 rings (SSSR count). The molecule has 4 nitrogen and oxygen atoms in total. The van der Waals surface area contributed by atoms with Crippen LogP contribution < -0.4 is 4.90 Å². The van der Waals surface area contributed by atoms with Crippen molar-refractivity contribution in [1.82, 2.24) is 4.90 Å². The lowest BCUT2D eigenvalue weighted by molar-refractivity contribution is -0.132. The predicted octanol–water partition coefficient (Wildman–Crippen LogP) is 1.48.